The summed E-state index contributed by atoms with van der Waals surface area (Å²) in [5, 5.41) is 10.3. The highest BCUT2D eigenvalue weighted by Gasteiger charge is 2.07. The minimum absolute atomic E-state index is 0.00285. The third kappa shape index (κ3) is 3.22. The van der Waals surface area contributed by atoms with Crippen LogP contribution in [0.1, 0.15) is 5.69 Å². The molecule has 0 aliphatic heterocycles. The zero-order valence-electron chi connectivity index (χ0n) is 9.25. The molecule has 0 bridgehead atoms. The number of hydrogen-bond donors (Lipinski definition) is 2. The summed E-state index contributed by atoms with van der Waals surface area (Å²) in [5.41, 5.74) is 6.00. The molecule has 0 radical (unpaired) electrons. The van der Waals surface area contributed by atoms with Crippen molar-refractivity contribution in [2.24, 2.45) is 5.73 Å². The molecule has 0 unspecified atom stereocenters. The summed E-state index contributed by atoms with van der Waals surface area (Å²) >= 11 is 5.67. The van der Waals surface area contributed by atoms with Gasteiger partial charge in [0.05, 0.1) is 11.9 Å². The van der Waals surface area contributed by atoms with Crippen molar-refractivity contribution in [2.75, 3.05) is 5.32 Å². The molecule has 94 valence electrons. The maximum absolute atomic E-state index is 11.6. The van der Waals surface area contributed by atoms with Gasteiger partial charge in [-0.25, -0.2) is 14.6 Å². The molecule has 0 saturated carbocycles. The minimum atomic E-state index is -0.328. The first-order chi connectivity index (χ1) is 8.67. The van der Waals surface area contributed by atoms with Gasteiger partial charge >= 0.3 is 0 Å². The molecule has 0 aliphatic rings. The van der Waals surface area contributed by atoms with E-state index in [0.717, 1.165) is 0 Å². The number of aromatic nitrogens is 5. The summed E-state index contributed by atoms with van der Waals surface area (Å²) in [6.07, 6.45) is 3.05. The van der Waals surface area contributed by atoms with Crippen LogP contribution in [0, 0.1) is 0 Å². The van der Waals surface area contributed by atoms with Crippen LogP contribution in [-0.2, 0) is 17.9 Å². The molecule has 3 N–H and O–H groups in total. The second-order valence-corrected chi connectivity index (χ2v) is 3.75. The van der Waals surface area contributed by atoms with Crippen LogP contribution >= 0.6 is 11.6 Å². The van der Waals surface area contributed by atoms with E-state index in [4.69, 9.17) is 17.3 Å². The summed E-state index contributed by atoms with van der Waals surface area (Å²) in [5.74, 6) is -0.183. The van der Waals surface area contributed by atoms with Crippen molar-refractivity contribution in [1.82, 2.24) is 25.0 Å². The highest BCUT2D eigenvalue weighted by atomic mass is 35.5. The first-order valence-electron chi connectivity index (χ1n) is 5.05. The molecule has 2 heterocycles. The summed E-state index contributed by atoms with van der Waals surface area (Å²) in [6.45, 7) is 0.280. The molecule has 0 fully saturated rings. The van der Waals surface area contributed by atoms with Gasteiger partial charge in [-0.05, 0) is 6.07 Å². The Bertz CT molecular complexity index is 555. The van der Waals surface area contributed by atoms with E-state index in [-0.39, 0.29) is 30.1 Å². The van der Waals surface area contributed by atoms with E-state index in [9.17, 15) is 4.79 Å². The molecule has 2 aromatic heterocycles. The average Bonchev–Trinajstić information content (AvgIpc) is 2.76. The van der Waals surface area contributed by atoms with Gasteiger partial charge in [-0.1, -0.05) is 16.8 Å². The Morgan fingerprint density at radius 2 is 2.39 bits per heavy atom. The molecule has 0 aromatic carbocycles. The molecule has 2 aromatic rings. The molecule has 0 saturated heterocycles. The van der Waals surface area contributed by atoms with E-state index in [1.165, 1.54) is 16.9 Å². The van der Waals surface area contributed by atoms with Crippen molar-refractivity contribution in [3.63, 3.8) is 0 Å². The maximum atomic E-state index is 11.6. The quantitative estimate of drug-likeness (QED) is 0.743. The normalized spacial score (nSPS) is 10.3. The Morgan fingerprint density at radius 1 is 1.56 bits per heavy atom. The van der Waals surface area contributed by atoms with E-state index < -0.39 is 0 Å². The number of hydrogen-bond acceptors (Lipinski definition) is 6. The SMILES string of the molecule is NCc1cn(CC(=O)Nc2nccc(Cl)n2)nn1. The number of amides is 1. The molecular formula is C9H10ClN7O. The molecule has 0 atom stereocenters. The van der Waals surface area contributed by atoms with Gasteiger partial charge in [0.1, 0.15) is 11.7 Å². The van der Waals surface area contributed by atoms with E-state index >= 15 is 0 Å². The van der Waals surface area contributed by atoms with E-state index in [0.29, 0.717) is 5.69 Å². The Morgan fingerprint density at radius 3 is 3.06 bits per heavy atom. The number of anilines is 1. The van der Waals surface area contributed by atoms with Crippen LogP contribution in [0.25, 0.3) is 0 Å². The van der Waals surface area contributed by atoms with Crippen molar-refractivity contribution in [3.05, 3.63) is 29.3 Å². The van der Waals surface area contributed by atoms with Gasteiger partial charge in [0.2, 0.25) is 11.9 Å². The number of halogens is 1. The number of nitrogens with one attached hydrogen (secondary N) is 1. The number of rotatable bonds is 4. The van der Waals surface area contributed by atoms with Crippen LogP contribution < -0.4 is 11.1 Å². The summed E-state index contributed by atoms with van der Waals surface area (Å²) in [6, 6.07) is 1.52. The second-order valence-electron chi connectivity index (χ2n) is 3.36. The summed E-state index contributed by atoms with van der Waals surface area (Å²) < 4.78 is 1.38. The van der Waals surface area contributed by atoms with Crippen LogP contribution in [0.15, 0.2) is 18.5 Å². The summed E-state index contributed by atoms with van der Waals surface area (Å²) in [7, 11) is 0. The van der Waals surface area contributed by atoms with Gasteiger partial charge in [0, 0.05) is 12.7 Å². The lowest BCUT2D eigenvalue weighted by molar-refractivity contribution is -0.117. The van der Waals surface area contributed by atoms with Crippen molar-refractivity contribution in [3.8, 4) is 0 Å². The molecule has 8 nitrogen and oxygen atoms in total. The standard InChI is InChI=1S/C9H10ClN7O/c10-7-1-2-12-9(13-7)14-8(18)5-17-4-6(3-11)15-16-17/h1-2,4H,3,5,11H2,(H,12,13,14,18). The van der Waals surface area contributed by atoms with Gasteiger partial charge in [-0.2, -0.15) is 0 Å². The fraction of sp³-hybridized carbons (Fsp3) is 0.222. The number of nitrogens with zero attached hydrogens (tertiary/aromatic N) is 5. The lowest BCUT2D eigenvalue weighted by Crippen LogP contribution is -2.20. The van der Waals surface area contributed by atoms with Crippen molar-refractivity contribution < 1.29 is 4.79 Å². The van der Waals surface area contributed by atoms with Gasteiger partial charge in [0.15, 0.2) is 0 Å². The predicted molar refractivity (Wildman–Crippen MR) is 63.6 cm³/mol. The monoisotopic (exact) mass is 267 g/mol. The molecular weight excluding hydrogens is 258 g/mol. The van der Waals surface area contributed by atoms with Gasteiger partial charge in [-0.3, -0.25) is 10.1 Å². The molecule has 0 spiro atoms. The second kappa shape index (κ2) is 5.52. The molecule has 18 heavy (non-hydrogen) atoms. The van der Waals surface area contributed by atoms with Crippen LogP contribution in [0.5, 0.6) is 0 Å². The van der Waals surface area contributed by atoms with Crippen LogP contribution in [-0.4, -0.2) is 30.9 Å². The third-order valence-electron chi connectivity index (χ3n) is 1.97. The Balaban J connectivity index is 1.96. The molecule has 9 heteroatoms. The maximum Gasteiger partial charge on any atom is 0.248 e. The zero-order chi connectivity index (χ0) is 13.0. The number of carbonyl (C=O) groups excluding carboxylic acids is 1. The zero-order valence-corrected chi connectivity index (χ0v) is 10.0. The highest BCUT2D eigenvalue weighted by molar-refractivity contribution is 6.29. The van der Waals surface area contributed by atoms with Gasteiger partial charge < -0.3 is 5.73 Å². The molecule has 1 amide bonds. The Hall–Kier alpha value is -2.06. The van der Waals surface area contributed by atoms with Crippen LogP contribution in [0.4, 0.5) is 5.95 Å². The number of nitrogens with two attached hydrogens (primary N) is 1. The average molecular weight is 268 g/mol. The smallest absolute Gasteiger partial charge is 0.248 e. The Kier molecular flexibility index (Phi) is 3.80. The first kappa shape index (κ1) is 12.4. The van der Waals surface area contributed by atoms with Crippen LogP contribution in [0.3, 0.4) is 0 Å². The fourth-order valence-electron chi connectivity index (χ4n) is 1.22. The van der Waals surface area contributed by atoms with E-state index in [1.54, 1.807) is 6.20 Å². The lowest BCUT2D eigenvalue weighted by Gasteiger charge is -2.02. The summed E-state index contributed by atoms with van der Waals surface area (Å²) in [4.78, 5) is 19.3. The van der Waals surface area contributed by atoms with E-state index in [2.05, 4.69) is 25.6 Å². The van der Waals surface area contributed by atoms with Crippen molar-refractivity contribution in [1.29, 1.82) is 0 Å². The number of carbonyl (C=O) groups is 1. The van der Waals surface area contributed by atoms with Gasteiger partial charge in [0.25, 0.3) is 0 Å². The largest absolute Gasteiger partial charge is 0.325 e. The Labute approximate surface area is 107 Å². The van der Waals surface area contributed by atoms with E-state index in [1.807, 2.05) is 0 Å². The minimum Gasteiger partial charge on any atom is -0.325 e. The lowest BCUT2D eigenvalue weighted by atomic mass is 10.5. The topological polar surface area (TPSA) is 112 Å². The van der Waals surface area contributed by atoms with Crippen molar-refractivity contribution in [2.45, 2.75) is 13.1 Å². The first-order valence-corrected chi connectivity index (χ1v) is 5.42. The third-order valence-corrected chi connectivity index (χ3v) is 2.18. The molecule has 2 rings (SSSR count). The van der Waals surface area contributed by atoms with Crippen LogP contribution in [0.2, 0.25) is 5.15 Å². The molecule has 0 aliphatic carbocycles. The highest BCUT2D eigenvalue weighted by Crippen LogP contribution is 2.05. The predicted octanol–water partition coefficient (Wildman–Crippen LogP) is -0.181. The van der Waals surface area contributed by atoms with Gasteiger partial charge in [-0.15, -0.1) is 5.10 Å². The van der Waals surface area contributed by atoms with Crippen molar-refractivity contribution >= 4 is 23.5 Å². The fourth-order valence-corrected chi connectivity index (χ4v) is 1.35.